The van der Waals surface area contributed by atoms with Gasteiger partial charge < -0.3 is 10.6 Å². The Kier molecular flexibility index (Phi) is 4.87. The van der Waals surface area contributed by atoms with Crippen molar-refractivity contribution in [1.29, 1.82) is 0 Å². The Bertz CT molecular complexity index is 627. The van der Waals surface area contributed by atoms with Crippen LogP contribution in [-0.4, -0.2) is 5.91 Å². The van der Waals surface area contributed by atoms with Gasteiger partial charge in [0.1, 0.15) is 11.6 Å². The molecule has 1 amide bonds. The monoisotopic (exact) mass is 290 g/mol. The van der Waals surface area contributed by atoms with E-state index >= 15 is 0 Å². The lowest BCUT2D eigenvalue weighted by Gasteiger charge is -2.09. The van der Waals surface area contributed by atoms with Crippen LogP contribution in [0.3, 0.4) is 0 Å². The molecule has 3 nitrogen and oxygen atoms in total. The molecule has 2 aromatic rings. The molecule has 2 aromatic carbocycles. The number of benzene rings is 2. The van der Waals surface area contributed by atoms with E-state index in [0.717, 1.165) is 23.9 Å². The second-order valence-corrected chi connectivity index (χ2v) is 4.57. The highest BCUT2D eigenvalue weighted by atomic mass is 19.1. The molecule has 0 atom stereocenters. The zero-order valence-corrected chi connectivity index (χ0v) is 11.6. The molecule has 0 saturated heterocycles. The fraction of sp³-hybridized carbons (Fsp3) is 0.188. The molecule has 0 fully saturated rings. The van der Waals surface area contributed by atoms with Crippen molar-refractivity contribution in [3.63, 3.8) is 0 Å². The van der Waals surface area contributed by atoms with Gasteiger partial charge in [0.25, 0.3) is 0 Å². The predicted octanol–water partition coefficient (Wildman–Crippen LogP) is 3.93. The van der Waals surface area contributed by atoms with Crippen LogP contribution < -0.4 is 10.6 Å². The van der Waals surface area contributed by atoms with Crippen molar-refractivity contribution in [1.82, 2.24) is 0 Å². The number of hydrogen-bond donors (Lipinski definition) is 2. The molecule has 5 heteroatoms. The van der Waals surface area contributed by atoms with Gasteiger partial charge in [-0.05, 0) is 42.5 Å². The lowest BCUT2D eigenvalue weighted by atomic mass is 10.2. The third kappa shape index (κ3) is 4.27. The van der Waals surface area contributed by atoms with E-state index in [9.17, 15) is 13.6 Å². The Balaban J connectivity index is 1.97. The smallest absolute Gasteiger partial charge is 0.224 e. The summed E-state index contributed by atoms with van der Waals surface area (Å²) in [6.45, 7) is 1.96. The molecular weight excluding hydrogens is 274 g/mol. The lowest BCUT2D eigenvalue weighted by molar-refractivity contribution is -0.115. The van der Waals surface area contributed by atoms with Gasteiger partial charge in [-0.25, -0.2) is 8.78 Å². The maximum Gasteiger partial charge on any atom is 0.224 e. The average molecular weight is 290 g/mol. The summed E-state index contributed by atoms with van der Waals surface area (Å²) in [6, 6.07) is 10.4. The lowest BCUT2D eigenvalue weighted by Crippen LogP contribution is -2.09. The summed E-state index contributed by atoms with van der Waals surface area (Å²) < 4.78 is 26.5. The first-order valence-corrected chi connectivity index (χ1v) is 6.66. The van der Waals surface area contributed by atoms with Gasteiger partial charge >= 0.3 is 0 Å². The van der Waals surface area contributed by atoms with Gasteiger partial charge in [-0.1, -0.05) is 6.92 Å². The minimum atomic E-state index is -0.467. The summed E-state index contributed by atoms with van der Waals surface area (Å²) in [4.78, 5) is 11.2. The minimum Gasteiger partial charge on any atom is -0.381 e. The molecule has 0 heterocycles. The number of anilines is 2. The van der Waals surface area contributed by atoms with Crippen LogP contribution in [0.25, 0.3) is 0 Å². The summed E-state index contributed by atoms with van der Waals surface area (Å²) in [5.41, 5.74) is 1.72. The van der Waals surface area contributed by atoms with Crippen LogP contribution in [0.2, 0.25) is 0 Å². The molecule has 2 N–H and O–H groups in total. The molecule has 0 aliphatic rings. The van der Waals surface area contributed by atoms with Gasteiger partial charge in [0.15, 0.2) is 0 Å². The number of halogens is 2. The summed E-state index contributed by atoms with van der Waals surface area (Å²) in [5.74, 6) is -0.973. The maximum absolute atomic E-state index is 13.5. The quantitative estimate of drug-likeness (QED) is 0.876. The number of hydrogen-bond acceptors (Lipinski definition) is 2. The van der Waals surface area contributed by atoms with E-state index in [1.807, 2.05) is 0 Å². The van der Waals surface area contributed by atoms with Crippen LogP contribution in [0.4, 0.5) is 20.2 Å². The molecule has 0 saturated carbocycles. The first kappa shape index (κ1) is 15.0. The van der Waals surface area contributed by atoms with Gasteiger partial charge in [-0.3, -0.25) is 4.79 Å². The van der Waals surface area contributed by atoms with E-state index in [2.05, 4.69) is 10.6 Å². The van der Waals surface area contributed by atoms with Gasteiger partial charge in [0.2, 0.25) is 5.91 Å². The number of nitrogens with one attached hydrogen (secondary N) is 2. The molecule has 0 unspecified atom stereocenters. The topological polar surface area (TPSA) is 41.1 Å². The van der Waals surface area contributed by atoms with E-state index in [1.54, 1.807) is 31.2 Å². The molecule has 0 radical (unpaired) electrons. The number of carbonyl (C=O) groups is 1. The summed E-state index contributed by atoms with van der Waals surface area (Å²) in [7, 11) is 0. The van der Waals surface area contributed by atoms with Gasteiger partial charge in [-0.2, -0.15) is 0 Å². The van der Waals surface area contributed by atoms with Crippen LogP contribution in [0, 0.1) is 11.6 Å². The second-order valence-electron chi connectivity index (χ2n) is 4.57. The Morgan fingerprint density at radius 2 is 1.71 bits per heavy atom. The van der Waals surface area contributed by atoms with Crippen molar-refractivity contribution in [3.05, 3.63) is 59.7 Å². The third-order valence-electron chi connectivity index (χ3n) is 2.98. The summed E-state index contributed by atoms with van der Waals surface area (Å²) in [6.07, 6.45) is 0.416. The van der Waals surface area contributed by atoms with E-state index in [-0.39, 0.29) is 18.0 Å². The van der Waals surface area contributed by atoms with E-state index in [0.29, 0.717) is 12.1 Å². The number of amides is 1. The van der Waals surface area contributed by atoms with E-state index in [1.165, 1.54) is 0 Å². The van der Waals surface area contributed by atoms with Crippen molar-refractivity contribution < 1.29 is 13.6 Å². The molecule has 2 rings (SSSR count). The zero-order valence-electron chi connectivity index (χ0n) is 11.6. The molecule has 0 aromatic heterocycles. The van der Waals surface area contributed by atoms with Crippen LogP contribution in [-0.2, 0) is 11.3 Å². The van der Waals surface area contributed by atoms with Crippen molar-refractivity contribution >= 4 is 17.3 Å². The van der Waals surface area contributed by atoms with Crippen molar-refractivity contribution in [3.8, 4) is 0 Å². The summed E-state index contributed by atoms with van der Waals surface area (Å²) >= 11 is 0. The Labute approximate surface area is 122 Å². The molecule has 0 bridgehead atoms. The number of rotatable bonds is 5. The minimum absolute atomic E-state index is 0.0578. The van der Waals surface area contributed by atoms with Crippen LogP contribution in [0.1, 0.15) is 18.9 Å². The molecule has 21 heavy (non-hydrogen) atoms. The Morgan fingerprint density at radius 1 is 1.05 bits per heavy atom. The third-order valence-corrected chi connectivity index (χ3v) is 2.98. The van der Waals surface area contributed by atoms with Crippen molar-refractivity contribution in [2.75, 3.05) is 10.6 Å². The SMILES string of the molecule is CCC(=O)Nc1ccc(NCc2cc(F)ccc2F)cc1. The Morgan fingerprint density at radius 3 is 2.38 bits per heavy atom. The standard InChI is InChI=1S/C16H16F2N2O/c1-2-16(21)20-14-6-4-13(5-7-14)19-10-11-9-12(17)3-8-15(11)18/h3-9,19H,2,10H2,1H3,(H,20,21). The average Bonchev–Trinajstić information content (AvgIpc) is 2.49. The Hall–Kier alpha value is -2.43. The van der Waals surface area contributed by atoms with Gasteiger partial charge in [-0.15, -0.1) is 0 Å². The molecule has 0 aliphatic heterocycles. The van der Waals surface area contributed by atoms with Gasteiger partial charge in [0.05, 0.1) is 0 Å². The van der Waals surface area contributed by atoms with Crippen molar-refractivity contribution in [2.24, 2.45) is 0 Å². The number of carbonyl (C=O) groups excluding carboxylic acids is 1. The van der Waals surface area contributed by atoms with Crippen LogP contribution >= 0.6 is 0 Å². The largest absolute Gasteiger partial charge is 0.381 e. The molecular formula is C16H16F2N2O. The van der Waals surface area contributed by atoms with Crippen molar-refractivity contribution in [2.45, 2.75) is 19.9 Å². The normalized spacial score (nSPS) is 10.2. The highest BCUT2D eigenvalue weighted by Crippen LogP contribution is 2.16. The van der Waals surface area contributed by atoms with E-state index < -0.39 is 11.6 Å². The van der Waals surface area contributed by atoms with Crippen LogP contribution in [0.15, 0.2) is 42.5 Å². The zero-order chi connectivity index (χ0) is 15.2. The summed E-state index contributed by atoms with van der Waals surface area (Å²) in [5, 5.41) is 5.74. The molecule has 0 aliphatic carbocycles. The highest BCUT2D eigenvalue weighted by molar-refractivity contribution is 5.90. The van der Waals surface area contributed by atoms with E-state index in [4.69, 9.17) is 0 Å². The van der Waals surface area contributed by atoms with Gasteiger partial charge in [0, 0.05) is 29.9 Å². The fourth-order valence-electron chi connectivity index (χ4n) is 1.80. The highest BCUT2D eigenvalue weighted by Gasteiger charge is 2.04. The first-order valence-electron chi connectivity index (χ1n) is 6.66. The molecule has 110 valence electrons. The molecule has 0 spiro atoms. The van der Waals surface area contributed by atoms with Crippen LogP contribution in [0.5, 0.6) is 0 Å². The predicted molar refractivity (Wildman–Crippen MR) is 79.0 cm³/mol. The first-order chi connectivity index (χ1) is 10.1. The second kappa shape index (κ2) is 6.83. The maximum atomic E-state index is 13.5. The fourth-order valence-corrected chi connectivity index (χ4v) is 1.80.